The highest BCUT2D eigenvalue weighted by Crippen LogP contribution is 2.14. The van der Waals surface area contributed by atoms with Crippen LogP contribution in [-0.4, -0.2) is 0 Å². The third-order valence-corrected chi connectivity index (χ3v) is 2.06. The zero-order chi connectivity index (χ0) is 9.94. The monoisotopic (exact) mass is 178 g/mol. The summed E-state index contributed by atoms with van der Waals surface area (Å²) in [6, 6.07) is 0. The molecule has 0 radical (unpaired) electrons. The van der Waals surface area contributed by atoms with Crippen LogP contribution in [-0.2, 0) is 0 Å². The predicted molar refractivity (Wildman–Crippen MR) is 61.9 cm³/mol. The fourth-order valence-corrected chi connectivity index (χ4v) is 1.25. The van der Waals surface area contributed by atoms with Crippen molar-refractivity contribution >= 4 is 0 Å². The lowest BCUT2D eigenvalue weighted by atomic mass is 10.0. The van der Waals surface area contributed by atoms with E-state index in [2.05, 4.69) is 26.2 Å². The van der Waals surface area contributed by atoms with Crippen molar-refractivity contribution in [1.29, 1.82) is 0 Å². The highest BCUT2D eigenvalue weighted by molar-refractivity contribution is 5.04. The zero-order valence-electron chi connectivity index (χ0n) is 8.89. The van der Waals surface area contributed by atoms with Crippen LogP contribution in [0.25, 0.3) is 0 Å². The van der Waals surface area contributed by atoms with Gasteiger partial charge in [-0.2, -0.15) is 0 Å². The number of hydrogen-bond acceptors (Lipinski definition) is 0. The Balaban J connectivity index is 3.85. The molecular formula is C13H22. The van der Waals surface area contributed by atoms with Crippen LogP contribution in [0.15, 0.2) is 37.0 Å². The van der Waals surface area contributed by atoms with Crippen molar-refractivity contribution < 1.29 is 0 Å². The molecule has 0 aromatic heterocycles. The van der Waals surface area contributed by atoms with Gasteiger partial charge in [-0.25, -0.2) is 0 Å². The molecule has 0 aromatic carbocycles. The van der Waals surface area contributed by atoms with Gasteiger partial charge in [0.25, 0.3) is 0 Å². The van der Waals surface area contributed by atoms with E-state index < -0.39 is 0 Å². The van der Waals surface area contributed by atoms with Crippen LogP contribution in [0.2, 0.25) is 0 Å². The van der Waals surface area contributed by atoms with Gasteiger partial charge in [-0.05, 0) is 32.1 Å². The van der Waals surface area contributed by atoms with E-state index in [0.29, 0.717) is 0 Å². The summed E-state index contributed by atoms with van der Waals surface area (Å²) in [6.45, 7) is 9.71. The van der Waals surface area contributed by atoms with Gasteiger partial charge in [0.1, 0.15) is 0 Å². The predicted octanol–water partition coefficient (Wildman–Crippen LogP) is 4.65. The molecule has 0 aromatic rings. The Bertz CT molecular complexity index is 149. The first-order valence-electron chi connectivity index (χ1n) is 5.24. The van der Waals surface area contributed by atoms with Crippen molar-refractivity contribution in [1.82, 2.24) is 0 Å². The molecule has 0 rings (SSSR count). The van der Waals surface area contributed by atoms with Crippen LogP contribution in [0.1, 0.15) is 45.4 Å². The summed E-state index contributed by atoms with van der Waals surface area (Å²) in [5.41, 5.74) is 1.57. The van der Waals surface area contributed by atoms with E-state index in [1.165, 1.54) is 25.7 Å². The lowest BCUT2D eigenvalue weighted by Gasteiger charge is -2.03. The summed E-state index contributed by atoms with van der Waals surface area (Å²) >= 11 is 0. The largest absolute Gasteiger partial charge is 0.103 e. The van der Waals surface area contributed by atoms with Crippen molar-refractivity contribution in [3.8, 4) is 0 Å². The molecule has 0 unspecified atom stereocenters. The van der Waals surface area contributed by atoms with Crippen LogP contribution >= 0.6 is 0 Å². The zero-order valence-corrected chi connectivity index (χ0v) is 8.89. The second-order valence-corrected chi connectivity index (χ2v) is 3.31. The molecule has 0 heteroatoms. The highest BCUT2D eigenvalue weighted by atomic mass is 14.0. The van der Waals surface area contributed by atoms with Gasteiger partial charge < -0.3 is 0 Å². The van der Waals surface area contributed by atoms with E-state index in [4.69, 9.17) is 0 Å². The van der Waals surface area contributed by atoms with E-state index in [-0.39, 0.29) is 0 Å². The molecule has 0 amide bonds. The first kappa shape index (κ1) is 12.2. The van der Waals surface area contributed by atoms with Crippen molar-refractivity contribution in [2.24, 2.45) is 0 Å². The first-order chi connectivity index (χ1) is 6.35. The summed E-state index contributed by atoms with van der Waals surface area (Å²) in [4.78, 5) is 0. The fraction of sp³-hybridized carbons (Fsp3) is 0.538. The minimum Gasteiger partial charge on any atom is -0.103 e. The average Bonchev–Trinajstić information content (AvgIpc) is 2.17. The molecule has 0 spiro atoms. The van der Waals surface area contributed by atoms with Gasteiger partial charge in [0.05, 0.1) is 0 Å². The van der Waals surface area contributed by atoms with Crippen molar-refractivity contribution in [3.63, 3.8) is 0 Å². The maximum absolute atomic E-state index is 3.75. The normalized spacial score (nSPS) is 9.31. The molecule has 0 saturated carbocycles. The van der Waals surface area contributed by atoms with E-state index in [1.807, 2.05) is 12.2 Å². The SMILES string of the molecule is C=CCCC(=CCCC)CCC=C. The minimum atomic E-state index is 1.10. The number of hydrogen-bond donors (Lipinski definition) is 0. The first-order valence-corrected chi connectivity index (χ1v) is 5.24. The van der Waals surface area contributed by atoms with E-state index >= 15 is 0 Å². The van der Waals surface area contributed by atoms with Crippen LogP contribution < -0.4 is 0 Å². The second kappa shape index (κ2) is 9.31. The van der Waals surface area contributed by atoms with Crippen molar-refractivity contribution in [3.05, 3.63) is 37.0 Å². The third kappa shape index (κ3) is 7.58. The number of rotatable bonds is 8. The molecule has 0 aliphatic rings. The van der Waals surface area contributed by atoms with Crippen LogP contribution in [0, 0.1) is 0 Å². The van der Waals surface area contributed by atoms with Gasteiger partial charge in [0, 0.05) is 0 Å². The molecular weight excluding hydrogens is 156 g/mol. The smallest absolute Gasteiger partial charge is 0.0286 e. The molecule has 0 aliphatic carbocycles. The Kier molecular flexibility index (Phi) is 8.75. The minimum absolute atomic E-state index is 1.10. The van der Waals surface area contributed by atoms with Crippen LogP contribution in [0.3, 0.4) is 0 Å². The maximum atomic E-state index is 3.75. The van der Waals surface area contributed by atoms with Crippen molar-refractivity contribution in [2.75, 3.05) is 0 Å². The molecule has 0 fully saturated rings. The lowest BCUT2D eigenvalue weighted by Crippen LogP contribution is -1.83. The number of allylic oxidation sites excluding steroid dienone is 4. The summed E-state index contributed by atoms with van der Waals surface area (Å²) in [7, 11) is 0. The molecule has 0 saturated heterocycles. The highest BCUT2D eigenvalue weighted by Gasteiger charge is 1.94. The molecule has 0 bridgehead atoms. The molecule has 0 nitrogen and oxygen atoms in total. The molecule has 74 valence electrons. The molecule has 0 atom stereocenters. The van der Waals surface area contributed by atoms with Gasteiger partial charge in [-0.15, -0.1) is 13.2 Å². The van der Waals surface area contributed by atoms with Gasteiger partial charge in [0.15, 0.2) is 0 Å². The van der Waals surface area contributed by atoms with Crippen LogP contribution in [0.4, 0.5) is 0 Å². The number of unbranched alkanes of at least 4 members (excludes halogenated alkanes) is 1. The third-order valence-electron chi connectivity index (χ3n) is 2.06. The maximum Gasteiger partial charge on any atom is -0.0286 e. The quantitative estimate of drug-likeness (QED) is 0.475. The average molecular weight is 178 g/mol. The Morgan fingerprint density at radius 3 is 1.92 bits per heavy atom. The summed E-state index contributed by atoms with van der Waals surface area (Å²) in [5, 5.41) is 0. The topological polar surface area (TPSA) is 0 Å². The summed E-state index contributed by atoms with van der Waals surface area (Å²) < 4.78 is 0. The fourth-order valence-electron chi connectivity index (χ4n) is 1.25. The molecule has 0 heterocycles. The molecule has 13 heavy (non-hydrogen) atoms. The Hall–Kier alpha value is -0.780. The van der Waals surface area contributed by atoms with E-state index in [1.54, 1.807) is 5.57 Å². The molecule has 0 N–H and O–H groups in total. The van der Waals surface area contributed by atoms with E-state index in [0.717, 1.165) is 12.8 Å². The van der Waals surface area contributed by atoms with Gasteiger partial charge >= 0.3 is 0 Å². The summed E-state index contributed by atoms with van der Waals surface area (Å²) in [6.07, 6.45) is 13.4. The summed E-state index contributed by atoms with van der Waals surface area (Å²) in [5.74, 6) is 0. The van der Waals surface area contributed by atoms with Crippen LogP contribution in [0.5, 0.6) is 0 Å². The molecule has 0 aliphatic heterocycles. The van der Waals surface area contributed by atoms with Crippen molar-refractivity contribution in [2.45, 2.75) is 45.4 Å². The standard InChI is InChI=1S/C13H22/c1-4-7-10-13(11-8-5-2)12-9-6-3/h4-5,12H,1-2,6-11H2,3H3. The van der Waals surface area contributed by atoms with E-state index in [9.17, 15) is 0 Å². The Morgan fingerprint density at radius 1 is 1.00 bits per heavy atom. The van der Waals surface area contributed by atoms with Gasteiger partial charge in [-0.1, -0.05) is 37.1 Å². The van der Waals surface area contributed by atoms with Gasteiger partial charge in [-0.3, -0.25) is 0 Å². The Morgan fingerprint density at radius 2 is 1.54 bits per heavy atom. The lowest BCUT2D eigenvalue weighted by molar-refractivity contribution is 0.839. The second-order valence-electron chi connectivity index (χ2n) is 3.31. The van der Waals surface area contributed by atoms with Gasteiger partial charge in [0.2, 0.25) is 0 Å². The Labute approximate surface area is 83.0 Å².